The molecule has 184 valence electrons. The highest BCUT2D eigenvalue weighted by atomic mass is 32.2. The Bertz CT molecular complexity index is 1340. The highest BCUT2D eigenvalue weighted by Gasteiger charge is 2.17. The molecule has 0 saturated heterocycles. The van der Waals surface area contributed by atoms with Crippen LogP contribution in [0.5, 0.6) is 0 Å². The van der Waals surface area contributed by atoms with E-state index in [9.17, 15) is 9.59 Å². The van der Waals surface area contributed by atoms with Gasteiger partial charge in [-0.1, -0.05) is 42.1 Å². The number of carbonyl (C=O) groups is 1. The minimum absolute atomic E-state index is 0.0631. The molecule has 1 amide bonds. The van der Waals surface area contributed by atoms with Crippen molar-refractivity contribution in [1.29, 1.82) is 0 Å². The summed E-state index contributed by atoms with van der Waals surface area (Å²) in [7, 11) is 3.68. The van der Waals surface area contributed by atoms with Crippen molar-refractivity contribution < 1.29 is 9.53 Å². The first kappa shape index (κ1) is 24.7. The van der Waals surface area contributed by atoms with Crippen LogP contribution in [0.1, 0.15) is 12.8 Å². The van der Waals surface area contributed by atoms with E-state index < -0.39 is 0 Å². The van der Waals surface area contributed by atoms with Crippen LogP contribution in [0.25, 0.3) is 16.7 Å². The number of hydrogen-bond donors (Lipinski definition) is 1. The number of aromatic nitrogens is 4. The van der Waals surface area contributed by atoms with Crippen LogP contribution >= 0.6 is 11.8 Å². The molecule has 2 aromatic heterocycles. The second kappa shape index (κ2) is 11.9. The molecular formula is C25H30N6O3S. The van der Waals surface area contributed by atoms with Gasteiger partial charge >= 0.3 is 0 Å². The maximum Gasteiger partial charge on any atom is 0.262 e. The number of methoxy groups -OCH3 is 1. The second-order valence-electron chi connectivity index (χ2n) is 8.19. The fourth-order valence-corrected chi connectivity index (χ4v) is 4.70. The molecule has 9 nitrogen and oxygen atoms in total. The predicted octanol–water partition coefficient (Wildman–Crippen LogP) is 2.82. The fourth-order valence-electron chi connectivity index (χ4n) is 3.93. The number of nitrogens with one attached hydrogen (secondary N) is 1. The van der Waals surface area contributed by atoms with E-state index in [2.05, 4.69) is 32.5 Å². The fraction of sp³-hybridized carbons (Fsp3) is 0.360. The summed E-state index contributed by atoms with van der Waals surface area (Å²) in [4.78, 5) is 27.7. The Morgan fingerprint density at radius 1 is 1.09 bits per heavy atom. The summed E-state index contributed by atoms with van der Waals surface area (Å²) in [6.07, 6.45) is 1.52. The van der Waals surface area contributed by atoms with Crippen molar-refractivity contribution in [1.82, 2.24) is 24.5 Å². The number of hydrogen-bond acceptors (Lipinski definition) is 7. The van der Waals surface area contributed by atoms with Crippen LogP contribution in [0.2, 0.25) is 0 Å². The number of benzene rings is 2. The lowest BCUT2D eigenvalue weighted by Crippen LogP contribution is -2.29. The molecule has 35 heavy (non-hydrogen) atoms. The molecule has 0 bridgehead atoms. The lowest BCUT2D eigenvalue weighted by atomic mass is 10.2. The van der Waals surface area contributed by atoms with E-state index >= 15 is 0 Å². The Kier molecular flexibility index (Phi) is 8.38. The molecule has 0 radical (unpaired) electrons. The number of ether oxygens (including phenoxy) is 1. The summed E-state index contributed by atoms with van der Waals surface area (Å²) in [5, 5.41) is 12.7. The molecule has 0 aliphatic heterocycles. The number of thioether (sulfide) groups is 1. The summed E-state index contributed by atoms with van der Waals surface area (Å²) in [5.41, 5.74) is 1.78. The molecule has 0 saturated carbocycles. The number of para-hydroxylation sites is 2. The van der Waals surface area contributed by atoms with E-state index in [0.29, 0.717) is 42.4 Å². The summed E-state index contributed by atoms with van der Waals surface area (Å²) < 4.78 is 8.62. The van der Waals surface area contributed by atoms with Crippen LogP contribution in [0, 0.1) is 0 Å². The van der Waals surface area contributed by atoms with Gasteiger partial charge in [-0.15, -0.1) is 10.2 Å². The van der Waals surface area contributed by atoms with E-state index in [1.807, 2.05) is 47.8 Å². The van der Waals surface area contributed by atoms with Gasteiger partial charge in [-0.05, 0) is 37.1 Å². The number of carbonyl (C=O) groups excluding carboxylic acids is 1. The molecule has 0 atom stereocenters. The normalized spacial score (nSPS) is 11.3. The Balaban J connectivity index is 1.40. The van der Waals surface area contributed by atoms with Gasteiger partial charge in [0.2, 0.25) is 11.7 Å². The second-order valence-corrected chi connectivity index (χ2v) is 9.13. The van der Waals surface area contributed by atoms with Gasteiger partial charge in [0.1, 0.15) is 0 Å². The van der Waals surface area contributed by atoms with Gasteiger partial charge < -0.3 is 15.0 Å². The average molecular weight is 495 g/mol. The summed E-state index contributed by atoms with van der Waals surface area (Å²) in [6, 6.07) is 17.6. The number of fused-ring (bicyclic) bond motifs is 3. The standard InChI is InChI=1S/C25H30N6O3S/c1-29(19-10-4-3-5-11-19)15-8-14-26-22(32)18-35-25-28-27-24-30(16-9-17-34-2)23(33)20-12-6-7-13-21(20)31(24)25/h3-7,10-13H,8-9,14-18H2,1-2H3,(H,26,32). The van der Waals surface area contributed by atoms with Crippen molar-refractivity contribution in [2.24, 2.45) is 0 Å². The third kappa shape index (κ3) is 5.83. The third-order valence-corrected chi connectivity index (χ3v) is 6.66. The minimum atomic E-state index is -0.105. The average Bonchev–Trinajstić information content (AvgIpc) is 3.31. The number of anilines is 1. The van der Waals surface area contributed by atoms with Crippen LogP contribution in [0.4, 0.5) is 5.69 Å². The van der Waals surface area contributed by atoms with Crippen molar-refractivity contribution in [2.45, 2.75) is 24.5 Å². The highest BCUT2D eigenvalue weighted by molar-refractivity contribution is 7.99. The van der Waals surface area contributed by atoms with Crippen molar-refractivity contribution in [3.8, 4) is 0 Å². The Labute approximate surface area is 208 Å². The Morgan fingerprint density at radius 2 is 1.86 bits per heavy atom. The minimum Gasteiger partial charge on any atom is -0.385 e. The third-order valence-electron chi connectivity index (χ3n) is 5.73. The Hall–Kier alpha value is -3.37. The van der Waals surface area contributed by atoms with Gasteiger partial charge in [0, 0.05) is 46.1 Å². The first-order chi connectivity index (χ1) is 17.1. The summed E-state index contributed by atoms with van der Waals surface area (Å²) in [5.74, 6) is 0.621. The quantitative estimate of drug-likeness (QED) is 0.239. The largest absolute Gasteiger partial charge is 0.385 e. The zero-order valence-electron chi connectivity index (χ0n) is 20.0. The van der Waals surface area contributed by atoms with Gasteiger partial charge in [0.15, 0.2) is 5.16 Å². The van der Waals surface area contributed by atoms with Crippen LogP contribution in [0.15, 0.2) is 64.5 Å². The van der Waals surface area contributed by atoms with Crippen molar-refractivity contribution in [3.63, 3.8) is 0 Å². The number of rotatable bonds is 12. The van der Waals surface area contributed by atoms with Crippen LogP contribution in [-0.2, 0) is 16.1 Å². The van der Waals surface area contributed by atoms with Gasteiger partial charge in [-0.2, -0.15) is 0 Å². The van der Waals surface area contributed by atoms with Crippen LogP contribution in [-0.4, -0.2) is 64.7 Å². The van der Waals surface area contributed by atoms with Gasteiger partial charge in [0.05, 0.1) is 16.7 Å². The molecule has 2 heterocycles. The van der Waals surface area contributed by atoms with E-state index in [1.54, 1.807) is 17.7 Å². The van der Waals surface area contributed by atoms with E-state index in [-0.39, 0.29) is 17.2 Å². The van der Waals surface area contributed by atoms with Crippen molar-refractivity contribution in [2.75, 3.05) is 44.5 Å². The zero-order valence-corrected chi connectivity index (χ0v) is 20.8. The lowest BCUT2D eigenvalue weighted by Gasteiger charge is -2.19. The smallest absolute Gasteiger partial charge is 0.262 e. The van der Waals surface area contributed by atoms with Gasteiger partial charge in [0.25, 0.3) is 5.56 Å². The van der Waals surface area contributed by atoms with Crippen molar-refractivity contribution in [3.05, 3.63) is 65.0 Å². The molecule has 4 aromatic rings. The number of amides is 1. The first-order valence-electron chi connectivity index (χ1n) is 11.6. The van der Waals surface area contributed by atoms with Crippen LogP contribution in [0.3, 0.4) is 0 Å². The predicted molar refractivity (Wildman–Crippen MR) is 139 cm³/mol. The molecule has 10 heteroatoms. The monoisotopic (exact) mass is 494 g/mol. The molecule has 0 spiro atoms. The van der Waals surface area contributed by atoms with E-state index in [1.165, 1.54) is 11.8 Å². The molecule has 1 N–H and O–H groups in total. The van der Waals surface area contributed by atoms with E-state index in [0.717, 1.165) is 24.2 Å². The Morgan fingerprint density at radius 3 is 2.66 bits per heavy atom. The van der Waals surface area contributed by atoms with Crippen LogP contribution < -0.4 is 15.8 Å². The first-order valence-corrected chi connectivity index (χ1v) is 12.6. The maximum absolute atomic E-state index is 13.1. The van der Waals surface area contributed by atoms with Gasteiger partial charge in [-0.25, -0.2) is 0 Å². The van der Waals surface area contributed by atoms with Crippen molar-refractivity contribution >= 4 is 40.0 Å². The zero-order chi connectivity index (χ0) is 24.6. The number of aryl methyl sites for hydroxylation is 1. The molecule has 0 aliphatic rings. The molecule has 4 rings (SSSR count). The SMILES string of the molecule is COCCCn1c(=O)c2ccccc2n2c(SCC(=O)NCCCN(C)c3ccccc3)nnc12. The summed E-state index contributed by atoms with van der Waals surface area (Å²) >= 11 is 1.31. The molecule has 0 aliphatic carbocycles. The molecule has 2 aromatic carbocycles. The molecular weight excluding hydrogens is 464 g/mol. The topological polar surface area (TPSA) is 93.8 Å². The van der Waals surface area contributed by atoms with E-state index in [4.69, 9.17) is 4.74 Å². The molecule has 0 unspecified atom stereocenters. The summed E-state index contributed by atoms with van der Waals surface area (Å²) in [6.45, 7) is 2.46. The molecule has 0 fully saturated rings. The highest BCUT2D eigenvalue weighted by Crippen LogP contribution is 2.21. The maximum atomic E-state index is 13.1. The number of nitrogens with zero attached hydrogens (tertiary/aromatic N) is 5. The van der Waals surface area contributed by atoms with Gasteiger partial charge in [-0.3, -0.25) is 18.6 Å². The lowest BCUT2D eigenvalue weighted by molar-refractivity contribution is -0.118.